The molecule has 1 saturated heterocycles. The number of nitrogens with zero attached hydrogens (tertiary/aromatic N) is 1. The Kier molecular flexibility index (Phi) is 9.37. The van der Waals surface area contributed by atoms with Crippen molar-refractivity contribution < 1.29 is 9.53 Å². The summed E-state index contributed by atoms with van der Waals surface area (Å²) in [7, 11) is 0. The van der Waals surface area contributed by atoms with Crippen molar-refractivity contribution in [2.75, 3.05) is 26.2 Å². The Morgan fingerprint density at radius 1 is 1.23 bits per heavy atom. The van der Waals surface area contributed by atoms with Crippen LogP contribution in [0.1, 0.15) is 58.3 Å². The van der Waals surface area contributed by atoms with Gasteiger partial charge in [-0.1, -0.05) is 32.6 Å². The minimum Gasteiger partial charge on any atom is -0.378 e. The van der Waals surface area contributed by atoms with Crippen molar-refractivity contribution in [1.82, 2.24) is 4.90 Å². The third kappa shape index (κ3) is 6.05. The second-order valence-corrected chi connectivity index (χ2v) is 6.82. The first-order chi connectivity index (χ1) is 10.2. The zero-order valence-electron chi connectivity index (χ0n) is 14.0. The molecule has 1 saturated carbocycles. The summed E-state index contributed by atoms with van der Waals surface area (Å²) < 4.78 is 5.80. The van der Waals surface area contributed by atoms with Crippen LogP contribution < -0.4 is 5.73 Å². The fourth-order valence-corrected chi connectivity index (χ4v) is 3.73. The third-order valence-corrected chi connectivity index (χ3v) is 5.04. The van der Waals surface area contributed by atoms with E-state index in [9.17, 15) is 4.79 Å². The van der Waals surface area contributed by atoms with Crippen molar-refractivity contribution in [2.24, 2.45) is 17.6 Å². The van der Waals surface area contributed by atoms with Gasteiger partial charge in [0.25, 0.3) is 0 Å². The van der Waals surface area contributed by atoms with Crippen LogP contribution in [0.2, 0.25) is 0 Å². The quantitative estimate of drug-likeness (QED) is 0.729. The number of nitrogens with two attached hydrogens (primary N) is 1. The molecule has 1 unspecified atom stereocenters. The summed E-state index contributed by atoms with van der Waals surface area (Å²) >= 11 is 0. The second kappa shape index (κ2) is 10.5. The minimum atomic E-state index is 0. The maximum absolute atomic E-state index is 12.5. The van der Waals surface area contributed by atoms with Crippen molar-refractivity contribution in [2.45, 2.75) is 64.4 Å². The second-order valence-electron chi connectivity index (χ2n) is 6.82. The van der Waals surface area contributed by atoms with E-state index in [0.29, 0.717) is 18.6 Å². The first kappa shape index (κ1) is 19.7. The lowest BCUT2D eigenvalue weighted by Gasteiger charge is -2.34. The fourth-order valence-electron chi connectivity index (χ4n) is 3.73. The number of amides is 1. The fraction of sp³-hybridized carbons (Fsp3) is 0.941. The minimum absolute atomic E-state index is 0. The van der Waals surface area contributed by atoms with Gasteiger partial charge in [0.2, 0.25) is 5.91 Å². The van der Waals surface area contributed by atoms with Crippen LogP contribution in [0.4, 0.5) is 0 Å². The van der Waals surface area contributed by atoms with Gasteiger partial charge in [-0.25, -0.2) is 0 Å². The Morgan fingerprint density at radius 2 is 1.86 bits per heavy atom. The molecule has 0 spiro atoms. The van der Waals surface area contributed by atoms with Crippen LogP contribution >= 0.6 is 12.4 Å². The molecule has 130 valence electrons. The van der Waals surface area contributed by atoms with Crippen LogP contribution in [-0.4, -0.2) is 43.2 Å². The van der Waals surface area contributed by atoms with Crippen LogP contribution in [0, 0.1) is 11.8 Å². The van der Waals surface area contributed by atoms with E-state index in [1.54, 1.807) is 0 Å². The summed E-state index contributed by atoms with van der Waals surface area (Å²) in [4.78, 5) is 14.6. The van der Waals surface area contributed by atoms with Gasteiger partial charge < -0.3 is 15.4 Å². The summed E-state index contributed by atoms with van der Waals surface area (Å²) in [6, 6.07) is 0. The molecule has 4 nitrogen and oxygen atoms in total. The maximum atomic E-state index is 12.5. The summed E-state index contributed by atoms with van der Waals surface area (Å²) in [6.07, 6.45) is 9.67. The first-order valence-corrected chi connectivity index (χ1v) is 8.81. The number of piperidine rings is 1. The highest BCUT2D eigenvalue weighted by Gasteiger charge is 2.28. The predicted molar refractivity (Wildman–Crippen MR) is 92.2 cm³/mol. The number of hydrogen-bond acceptors (Lipinski definition) is 3. The van der Waals surface area contributed by atoms with Crippen molar-refractivity contribution in [3.05, 3.63) is 0 Å². The molecule has 22 heavy (non-hydrogen) atoms. The standard InChI is InChI=1S/C17H32N2O2.ClH/c1-14(13-15-5-2-3-6-15)17(20)19-10-7-16(8-11-19)21-12-4-9-18;/h14-16H,2-13,18H2,1H3;1H. The van der Waals surface area contributed by atoms with Gasteiger partial charge in [0.05, 0.1) is 6.10 Å². The van der Waals surface area contributed by atoms with Crippen molar-refractivity contribution in [3.8, 4) is 0 Å². The monoisotopic (exact) mass is 332 g/mol. The van der Waals surface area contributed by atoms with Crippen LogP contribution in [-0.2, 0) is 9.53 Å². The first-order valence-electron chi connectivity index (χ1n) is 8.81. The highest BCUT2D eigenvalue weighted by atomic mass is 35.5. The summed E-state index contributed by atoms with van der Waals surface area (Å²) in [6.45, 7) is 5.29. The normalized spacial score (nSPS) is 21.6. The third-order valence-electron chi connectivity index (χ3n) is 5.04. The van der Waals surface area contributed by atoms with E-state index in [2.05, 4.69) is 11.8 Å². The highest BCUT2D eigenvalue weighted by molar-refractivity contribution is 5.85. The topological polar surface area (TPSA) is 55.6 Å². The molecule has 2 rings (SSSR count). The number of carbonyl (C=O) groups excluding carboxylic acids is 1. The zero-order chi connectivity index (χ0) is 15.1. The van der Waals surface area contributed by atoms with Crippen LogP contribution in [0.15, 0.2) is 0 Å². The predicted octanol–water partition coefficient (Wildman–Crippen LogP) is 2.98. The average molecular weight is 333 g/mol. The van der Waals surface area contributed by atoms with E-state index in [1.807, 2.05) is 0 Å². The summed E-state index contributed by atoms with van der Waals surface area (Å²) in [5, 5.41) is 0. The molecule has 2 fully saturated rings. The molecule has 0 bridgehead atoms. The largest absolute Gasteiger partial charge is 0.378 e. The molecule has 1 amide bonds. The molecule has 0 aromatic heterocycles. The maximum Gasteiger partial charge on any atom is 0.225 e. The Balaban J connectivity index is 0.00000242. The molecule has 1 aliphatic carbocycles. The van der Waals surface area contributed by atoms with Gasteiger partial charge in [0.15, 0.2) is 0 Å². The summed E-state index contributed by atoms with van der Waals surface area (Å²) in [5.74, 6) is 1.35. The SMILES string of the molecule is CC(CC1CCCC1)C(=O)N1CCC(OCCCN)CC1.Cl. The number of carbonyl (C=O) groups is 1. The molecule has 0 aromatic carbocycles. The average Bonchev–Trinajstić information content (AvgIpc) is 3.00. The molecule has 1 aliphatic heterocycles. The lowest BCUT2D eigenvalue weighted by molar-refractivity contribution is -0.138. The van der Waals surface area contributed by atoms with E-state index >= 15 is 0 Å². The van der Waals surface area contributed by atoms with E-state index in [-0.39, 0.29) is 18.3 Å². The smallest absolute Gasteiger partial charge is 0.225 e. The molecule has 1 atom stereocenters. The van der Waals surface area contributed by atoms with Gasteiger partial charge >= 0.3 is 0 Å². The molecular formula is C17H33ClN2O2. The lowest BCUT2D eigenvalue weighted by Crippen LogP contribution is -2.43. The molecule has 0 aromatic rings. The summed E-state index contributed by atoms with van der Waals surface area (Å²) in [5.41, 5.74) is 5.47. The number of hydrogen-bond donors (Lipinski definition) is 1. The van der Waals surface area contributed by atoms with Crippen LogP contribution in [0.5, 0.6) is 0 Å². The van der Waals surface area contributed by atoms with Crippen molar-refractivity contribution in [1.29, 1.82) is 0 Å². The van der Waals surface area contributed by atoms with Gasteiger partial charge in [-0.2, -0.15) is 0 Å². The van der Waals surface area contributed by atoms with Gasteiger partial charge in [0, 0.05) is 25.6 Å². The zero-order valence-corrected chi connectivity index (χ0v) is 14.8. The van der Waals surface area contributed by atoms with Crippen molar-refractivity contribution in [3.63, 3.8) is 0 Å². The lowest BCUT2D eigenvalue weighted by atomic mass is 9.93. The number of rotatable bonds is 7. The van der Waals surface area contributed by atoms with E-state index < -0.39 is 0 Å². The van der Waals surface area contributed by atoms with E-state index in [1.165, 1.54) is 25.7 Å². The van der Waals surface area contributed by atoms with Gasteiger partial charge in [-0.3, -0.25) is 4.79 Å². The van der Waals surface area contributed by atoms with Gasteiger partial charge in [-0.05, 0) is 38.1 Å². The Morgan fingerprint density at radius 3 is 2.45 bits per heavy atom. The Hall–Kier alpha value is -0.320. The van der Waals surface area contributed by atoms with Crippen molar-refractivity contribution >= 4 is 18.3 Å². The molecule has 1 heterocycles. The van der Waals surface area contributed by atoms with Gasteiger partial charge in [-0.15, -0.1) is 12.4 Å². The molecule has 2 aliphatic rings. The van der Waals surface area contributed by atoms with E-state index in [4.69, 9.17) is 10.5 Å². The Labute approximate surface area is 141 Å². The molecular weight excluding hydrogens is 300 g/mol. The van der Waals surface area contributed by atoms with Crippen LogP contribution in [0.25, 0.3) is 0 Å². The molecule has 5 heteroatoms. The van der Waals surface area contributed by atoms with E-state index in [0.717, 1.165) is 51.3 Å². The number of ether oxygens (including phenoxy) is 1. The number of likely N-dealkylation sites (tertiary alicyclic amines) is 1. The van der Waals surface area contributed by atoms with Gasteiger partial charge in [0.1, 0.15) is 0 Å². The molecule has 0 radical (unpaired) electrons. The van der Waals surface area contributed by atoms with Crippen LogP contribution in [0.3, 0.4) is 0 Å². The molecule has 2 N–H and O–H groups in total. The highest BCUT2D eigenvalue weighted by Crippen LogP contribution is 2.31. The Bertz CT molecular complexity index is 314. The number of halogens is 1.